The summed E-state index contributed by atoms with van der Waals surface area (Å²) in [6.45, 7) is 4.53. The highest BCUT2D eigenvalue weighted by Gasteiger charge is 2.15. The molecule has 0 aliphatic carbocycles. The minimum Gasteiger partial charge on any atom is -0.396 e. The number of hydrogen-bond acceptors (Lipinski definition) is 3. The van der Waals surface area contributed by atoms with Gasteiger partial charge in [-0.3, -0.25) is 9.48 Å². The van der Waals surface area contributed by atoms with E-state index in [1.807, 2.05) is 13.8 Å². The number of halogens is 1. The summed E-state index contributed by atoms with van der Waals surface area (Å²) in [6.07, 6.45) is 0.928. The van der Waals surface area contributed by atoms with E-state index in [1.165, 1.54) is 0 Å². The molecule has 0 fully saturated rings. The SMILES string of the molecule is Cc1nn(C)c(Cl)c1CC(=O)NCC(C)CCO. The van der Waals surface area contributed by atoms with Crippen molar-refractivity contribution in [2.45, 2.75) is 26.7 Å². The molecule has 0 aliphatic rings. The number of nitrogens with zero attached hydrogens (tertiary/aromatic N) is 2. The lowest BCUT2D eigenvalue weighted by Crippen LogP contribution is -2.30. The Labute approximate surface area is 112 Å². The van der Waals surface area contributed by atoms with Gasteiger partial charge in [0.2, 0.25) is 5.91 Å². The van der Waals surface area contributed by atoms with Gasteiger partial charge in [-0.05, 0) is 19.3 Å². The van der Waals surface area contributed by atoms with E-state index in [4.69, 9.17) is 16.7 Å². The van der Waals surface area contributed by atoms with Crippen molar-refractivity contribution in [3.8, 4) is 0 Å². The van der Waals surface area contributed by atoms with E-state index in [0.717, 1.165) is 11.3 Å². The second-order valence-electron chi connectivity index (χ2n) is 4.58. The maximum absolute atomic E-state index is 11.8. The van der Waals surface area contributed by atoms with Crippen molar-refractivity contribution in [3.63, 3.8) is 0 Å². The highest BCUT2D eigenvalue weighted by molar-refractivity contribution is 6.30. The van der Waals surface area contributed by atoms with Gasteiger partial charge < -0.3 is 10.4 Å². The van der Waals surface area contributed by atoms with Crippen molar-refractivity contribution in [1.29, 1.82) is 0 Å². The highest BCUT2D eigenvalue weighted by atomic mass is 35.5. The molecule has 6 heteroatoms. The molecule has 0 aliphatic heterocycles. The number of carbonyl (C=O) groups is 1. The van der Waals surface area contributed by atoms with E-state index in [2.05, 4.69) is 10.4 Å². The predicted molar refractivity (Wildman–Crippen MR) is 70.5 cm³/mol. The third-order valence-corrected chi connectivity index (χ3v) is 3.35. The molecule has 0 spiro atoms. The molecule has 18 heavy (non-hydrogen) atoms. The summed E-state index contributed by atoms with van der Waals surface area (Å²) >= 11 is 6.06. The summed E-state index contributed by atoms with van der Waals surface area (Å²) in [5.74, 6) is 0.196. The van der Waals surface area contributed by atoms with Crippen LogP contribution in [0.1, 0.15) is 24.6 Å². The lowest BCUT2D eigenvalue weighted by atomic mass is 10.1. The van der Waals surface area contributed by atoms with Crippen molar-refractivity contribution in [3.05, 3.63) is 16.4 Å². The van der Waals surface area contributed by atoms with Gasteiger partial charge in [0.1, 0.15) is 5.15 Å². The van der Waals surface area contributed by atoms with Crippen LogP contribution in [-0.2, 0) is 18.3 Å². The normalized spacial score (nSPS) is 12.5. The second-order valence-corrected chi connectivity index (χ2v) is 4.93. The van der Waals surface area contributed by atoms with Crippen LogP contribution in [0.5, 0.6) is 0 Å². The minimum absolute atomic E-state index is 0.0715. The first kappa shape index (κ1) is 15.0. The van der Waals surface area contributed by atoms with Crippen LogP contribution in [0.2, 0.25) is 5.15 Å². The molecule has 1 atom stereocenters. The van der Waals surface area contributed by atoms with Gasteiger partial charge in [-0.1, -0.05) is 18.5 Å². The Morgan fingerprint density at radius 1 is 1.61 bits per heavy atom. The van der Waals surface area contributed by atoms with Gasteiger partial charge in [-0.15, -0.1) is 0 Å². The number of rotatable bonds is 6. The van der Waals surface area contributed by atoms with Crippen LogP contribution in [0.4, 0.5) is 0 Å². The highest BCUT2D eigenvalue weighted by Crippen LogP contribution is 2.18. The minimum atomic E-state index is -0.0715. The molecule has 0 bridgehead atoms. The fraction of sp³-hybridized carbons (Fsp3) is 0.667. The van der Waals surface area contributed by atoms with Gasteiger partial charge in [-0.2, -0.15) is 5.10 Å². The van der Waals surface area contributed by atoms with E-state index in [1.54, 1.807) is 11.7 Å². The van der Waals surface area contributed by atoms with Crippen LogP contribution < -0.4 is 5.32 Å². The van der Waals surface area contributed by atoms with Gasteiger partial charge in [-0.25, -0.2) is 0 Å². The standard InChI is InChI=1S/C12H20ClN3O2/c1-8(4-5-17)7-14-11(18)6-10-9(2)15-16(3)12(10)13/h8,17H,4-7H2,1-3H3,(H,14,18). The van der Waals surface area contributed by atoms with Gasteiger partial charge in [0.15, 0.2) is 0 Å². The average Bonchev–Trinajstić information content (AvgIpc) is 2.54. The Hall–Kier alpha value is -1.07. The van der Waals surface area contributed by atoms with Crippen molar-refractivity contribution < 1.29 is 9.90 Å². The van der Waals surface area contributed by atoms with Crippen molar-refractivity contribution in [2.24, 2.45) is 13.0 Å². The Morgan fingerprint density at radius 2 is 2.28 bits per heavy atom. The molecule has 1 aromatic rings. The third-order valence-electron chi connectivity index (χ3n) is 2.88. The first-order chi connectivity index (χ1) is 8.45. The summed E-state index contributed by atoms with van der Waals surface area (Å²) in [7, 11) is 1.75. The van der Waals surface area contributed by atoms with E-state index in [-0.39, 0.29) is 24.9 Å². The number of carbonyl (C=O) groups excluding carboxylic acids is 1. The summed E-state index contributed by atoms with van der Waals surface area (Å²) < 4.78 is 1.56. The Balaban J connectivity index is 2.50. The molecule has 0 radical (unpaired) electrons. The average molecular weight is 274 g/mol. The molecule has 0 saturated heterocycles. The second kappa shape index (κ2) is 6.75. The van der Waals surface area contributed by atoms with Crippen LogP contribution >= 0.6 is 11.6 Å². The zero-order valence-electron chi connectivity index (χ0n) is 11.0. The lowest BCUT2D eigenvalue weighted by molar-refractivity contribution is -0.120. The summed E-state index contributed by atoms with van der Waals surface area (Å²) in [6, 6.07) is 0. The fourth-order valence-corrected chi connectivity index (χ4v) is 1.95. The first-order valence-corrected chi connectivity index (χ1v) is 6.39. The van der Waals surface area contributed by atoms with Crippen LogP contribution in [0.15, 0.2) is 0 Å². The zero-order chi connectivity index (χ0) is 13.7. The summed E-state index contributed by atoms with van der Waals surface area (Å²) in [4.78, 5) is 11.8. The molecule has 1 amide bonds. The molecule has 1 rings (SSSR count). The molecule has 102 valence electrons. The molecule has 1 unspecified atom stereocenters. The quantitative estimate of drug-likeness (QED) is 0.814. The van der Waals surface area contributed by atoms with E-state index >= 15 is 0 Å². The Kier molecular flexibility index (Phi) is 5.62. The predicted octanol–water partition coefficient (Wildman–Crippen LogP) is 1.06. The van der Waals surface area contributed by atoms with Crippen molar-refractivity contribution in [1.82, 2.24) is 15.1 Å². The molecular weight excluding hydrogens is 254 g/mol. The van der Waals surface area contributed by atoms with Crippen molar-refractivity contribution in [2.75, 3.05) is 13.2 Å². The van der Waals surface area contributed by atoms with E-state index in [9.17, 15) is 4.79 Å². The largest absolute Gasteiger partial charge is 0.396 e. The van der Waals surface area contributed by atoms with Crippen LogP contribution in [0, 0.1) is 12.8 Å². The maximum atomic E-state index is 11.8. The van der Waals surface area contributed by atoms with Crippen LogP contribution in [0.3, 0.4) is 0 Å². The van der Waals surface area contributed by atoms with Gasteiger partial charge in [0.25, 0.3) is 0 Å². The topological polar surface area (TPSA) is 67.2 Å². The monoisotopic (exact) mass is 273 g/mol. The van der Waals surface area contributed by atoms with E-state index in [0.29, 0.717) is 18.1 Å². The van der Waals surface area contributed by atoms with Gasteiger partial charge >= 0.3 is 0 Å². The van der Waals surface area contributed by atoms with Crippen LogP contribution in [-0.4, -0.2) is 33.9 Å². The number of aryl methyl sites for hydroxylation is 2. The summed E-state index contributed by atoms with van der Waals surface area (Å²) in [5.41, 5.74) is 1.55. The van der Waals surface area contributed by atoms with Crippen molar-refractivity contribution >= 4 is 17.5 Å². The smallest absolute Gasteiger partial charge is 0.224 e. The number of amides is 1. The lowest BCUT2D eigenvalue weighted by Gasteiger charge is -2.11. The molecule has 0 saturated carbocycles. The first-order valence-electron chi connectivity index (χ1n) is 6.01. The molecule has 1 aromatic heterocycles. The van der Waals surface area contributed by atoms with Crippen LogP contribution in [0.25, 0.3) is 0 Å². The zero-order valence-corrected chi connectivity index (χ0v) is 11.8. The third kappa shape index (κ3) is 3.99. The fourth-order valence-electron chi connectivity index (χ4n) is 1.71. The Morgan fingerprint density at radius 3 is 2.78 bits per heavy atom. The number of nitrogens with one attached hydrogen (secondary N) is 1. The molecular formula is C12H20ClN3O2. The van der Waals surface area contributed by atoms with Gasteiger partial charge in [0.05, 0.1) is 12.1 Å². The summed E-state index contributed by atoms with van der Waals surface area (Å²) in [5, 5.41) is 16.3. The number of aliphatic hydroxyl groups is 1. The maximum Gasteiger partial charge on any atom is 0.224 e. The molecule has 0 aromatic carbocycles. The number of aromatic nitrogens is 2. The number of aliphatic hydroxyl groups excluding tert-OH is 1. The van der Waals surface area contributed by atoms with Gasteiger partial charge in [0, 0.05) is 25.8 Å². The number of hydrogen-bond donors (Lipinski definition) is 2. The molecule has 1 heterocycles. The molecule has 5 nitrogen and oxygen atoms in total. The van der Waals surface area contributed by atoms with E-state index < -0.39 is 0 Å². The Bertz CT molecular complexity index is 418. The molecule has 2 N–H and O–H groups in total.